The summed E-state index contributed by atoms with van der Waals surface area (Å²) in [7, 11) is 0. The molecule has 0 amide bonds. The monoisotopic (exact) mass is 372 g/mol. The molecule has 0 heterocycles. The second-order valence-electron chi connectivity index (χ2n) is 6.76. The standard InChI is InChI=1S/C21H34O3.K/c1-2-3-4-5-6-7-8-9-10-11-12-13-14-18-17-19(22)15-16-20(18)21(23)24;/h15-17,22H,2-14H2,1H3,(H,23,24);/q;+1/p-1. The van der Waals surface area contributed by atoms with Crippen LogP contribution in [0.4, 0.5) is 0 Å². The minimum Gasteiger partial charge on any atom is -0.872 e. The Labute approximate surface area is 196 Å². The van der Waals surface area contributed by atoms with E-state index in [0.29, 0.717) is 12.0 Å². The average Bonchev–Trinajstić information content (AvgIpc) is 2.55. The van der Waals surface area contributed by atoms with Crippen LogP contribution >= 0.6 is 0 Å². The van der Waals surface area contributed by atoms with Crippen molar-refractivity contribution in [2.24, 2.45) is 0 Å². The second-order valence-corrected chi connectivity index (χ2v) is 6.76. The van der Waals surface area contributed by atoms with Gasteiger partial charge >= 0.3 is 57.4 Å². The van der Waals surface area contributed by atoms with E-state index in [1.165, 1.54) is 82.4 Å². The third-order valence-corrected chi connectivity index (χ3v) is 4.61. The number of carboxylic acid groups (broad SMARTS) is 1. The number of aryl methyl sites for hydroxylation is 1. The van der Waals surface area contributed by atoms with Crippen LogP contribution in [-0.4, -0.2) is 11.1 Å². The van der Waals surface area contributed by atoms with Gasteiger partial charge in [-0.3, -0.25) is 0 Å². The first-order valence-corrected chi connectivity index (χ1v) is 9.68. The van der Waals surface area contributed by atoms with Crippen LogP contribution in [0.1, 0.15) is 99.9 Å². The van der Waals surface area contributed by atoms with Gasteiger partial charge in [0.05, 0.1) is 5.56 Å². The van der Waals surface area contributed by atoms with Gasteiger partial charge in [-0.25, -0.2) is 4.79 Å². The molecule has 0 saturated carbocycles. The van der Waals surface area contributed by atoms with Crippen molar-refractivity contribution in [2.75, 3.05) is 0 Å². The van der Waals surface area contributed by atoms with Crippen molar-refractivity contribution >= 4 is 5.97 Å². The van der Waals surface area contributed by atoms with E-state index in [2.05, 4.69) is 6.92 Å². The van der Waals surface area contributed by atoms with Gasteiger partial charge in [-0.15, -0.1) is 5.75 Å². The van der Waals surface area contributed by atoms with Crippen LogP contribution in [-0.2, 0) is 6.42 Å². The second kappa shape index (κ2) is 16.3. The van der Waals surface area contributed by atoms with E-state index in [0.717, 1.165) is 12.8 Å². The normalized spacial score (nSPS) is 10.4. The Bertz CT molecular complexity index is 474. The molecule has 0 radical (unpaired) electrons. The zero-order valence-electron chi connectivity index (χ0n) is 16.2. The van der Waals surface area contributed by atoms with E-state index in [1.807, 2.05) is 0 Å². The van der Waals surface area contributed by atoms with Crippen molar-refractivity contribution in [3.8, 4) is 5.75 Å². The Hall–Kier alpha value is 0.126. The molecule has 1 rings (SSSR count). The fourth-order valence-corrected chi connectivity index (χ4v) is 3.14. The Kier molecular flexibility index (Phi) is 16.4. The maximum atomic E-state index is 11.4. The van der Waals surface area contributed by atoms with Gasteiger partial charge in [0, 0.05) is 0 Å². The summed E-state index contributed by atoms with van der Waals surface area (Å²) in [5.74, 6) is -1.04. The molecule has 0 aliphatic heterocycles. The predicted molar refractivity (Wildman–Crippen MR) is 97.6 cm³/mol. The zero-order valence-corrected chi connectivity index (χ0v) is 19.3. The fraction of sp³-hybridized carbons (Fsp3) is 0.667. The van der Waals surface area contributed by atoms with Crippen LogP contribution in [0, 0.1) is 0 Å². The number of rotatable bonds is 14. The van der Waals surface area contributed by atoms with E-state index in [4.69, 9.17) is 5.11 Å². The predicted octanol–water partition coefficient (Wildman–Crippen LogP) is 2.71. The van der Waals surface area contributed by atoms with Gasteiger partial charge in [-0.1, -0.05) is 89.7 Å². The molecule has 3 nitrogen and oxygen atoms in total. The van der Waals surface area contributed by atoms with Gasteiger partial charge in [0.15, 0.2) is 0 Å². The van der Waals surface area contributed by atoms with Crippen LogP contribution in [0.5, 0.6) is 5.75 Å². The number of unbranched alkanes of at least 4 members (excludes halogenated alkanes) is 11. The first-order valence-electron chi connectivity index (χ1n) is 9.68. The molecule has 1 aromatic rings. The molecule has 0 unspecified atom stereocenters. The van der Waals surface area contributed by atoms with E-state index in [-0.39, 0.29) is 62.7 Å². The third-order valence-electron chi connectivity index (χ3n) is 4.61. The van der Waals surface area contributed by atoms with Crippen LogP contribution in [0.15, 0.2) is 18.2 Å². The maximum Gasteiger partial charge on any atom is 1.00 e. The molecule has 1 N–H and O–H groups in total. The van der Waals surface area contributed by atoms with Crippen molar-refractivity contribution in [3.05, 3.63) is 29.3 Å². The summed E-state index contributed by atoms with van der Waals surface area (Å²) in [4.78, 5) is 11.1. The number of benzene rings is 1. The van der Waals surface area contributed by atoms with Crippen molar-refractivity contribution in [1.29, 1.82) is 0 Å². The van der Waals surface area contributed by atoms with E-state index in [1.54, 1.807) is 0 Å². The number of hydrogen-bond acceptors (Lipinski definition) is 2. The van der Waals surface area contributed by atoms with Gasteiger partial charge < -0.3 is 10.2 Å². The Morgan fingerprint density at radius 2 is 1.36 bits per heavy atom. The van der Waals surface area contributed by atoms with Crippen molar-refractivity contribution < 1.29 is 66.4 Å². The van der Waals surface area contributed by atoms with Gasteiger partial charge in [0.2, 0.25) is 0 Å². The number of aromatic carboxylic acids is 1. The molecule has 4 heteroatoms. The Morgan fingerprint density at radius 3 is 1.84 bits per heavy atom. The molecule has 0 fully saturated rings. The summed E-state index contributed by atoms with van der Waals surface area (Å²) in [6.45, 7) is 2.25. The van der Waals surface area contributed by atoms with Crippen LogP contribution in [0.2, 0.25) is 0 Å². The summed E-state index contributed by atoms with van der Waals surface area (Å²) in [6, 6.07) is 4.23. The topological polar surface area (TPSA) is 60.4 Å². The molecular formula is C21H33KO3. The summed E-state index contributed by atoms with van der Waals surface area (Å²) >= 11 is 0. The van der Waals surface area contributed by atoms with Crippen LogP contribution in [0.3, 0.4) is 0 Å². The minimum absolute atomic E-state index is 0. The largest absolute Gasteiger partial charge is 1.00 e. The SMILES string of the molecule is CCCCCCCCCCCCCCc1cc([O-])ccc1C(=O)O.[K+]. The molecule has 0 bridgehead atoms. The quantitative estimate of drug-likeness (QED) is 0.403. The molecule has 25 heavy (non-hydrogen) atoms. The minimum atomic E-state index is -0.941. The molecule has 0 aromatic heterocycles. The fourth-order valence-electron chi connectivity index (χ4n) is 3.14. The van der Waals surface area contributed by atoms with Gasteiger partial charge in [-0.2, -0.15) is 0 Å². The van der Waals surface area contributed by atoms with Gasteiger partial charge in [0.1, 0.15) is 0 Å². The van der Waals surface area contributed by atoms with Crippen molar-refractivity contribution in [3.63, 3.8) is 0 Å². The number of carboxylic acids is 1. The molecule has 0 atom stereocenters. The Balaban J connectivity index is 0.00000576. The third kappa shape index (κ3) is 12.2. The first-order chi connectivity index (χ1) is 11.6. The first kappa shape index (κ1) is 25.1. The summed E-state index contributed by atoms with van der Waals surface area (Å²) in [6.07, 6.45) is 16.1. The van der Waals surface area contributed by atoms with Crippen LogP contribution < -0.4 is 56.5 Å². The molecule has 136 valence electrons. The zero-order chi connectivity index (χ0) is 17.6. The molecule has 0 spiro atoms. The van der Waals surface area contributed by atoms with E-state index < -0.39 is 5.97 Å². The summed E-state index contributed by atoms with van der Waals surface area (Å²) in [5.41, 5.74) is 0.958. The summed E-state index contributed by atoms with van der Waals surface area (Å²) in [5, 5.41) is 20.5. The van der Waals surface area contributed by atoms with Gasteiger partial charge in [0.25, 0.3) is 0 Å². The molecule has 0 aliphatic carbocycles. The van der Waals surface area contributed by atoms with Gasteiger partial charge in [-0.05, 0) is 24.5 Å². The van der Waals surface area contributed by atoms with Crippen molar-refractivity contribution in [2.45, 2.75) is 90.4 Å². The molecular weight excluding hydrogens is 339 g/mol. The smallest absolute Gasteiger partial charge is 0.872 e. The Morgan fingerprint density at radius 1 is 0.880 bits per heavy atom. The van der Waals surface area contributed by atoms with E-state index >= 15 is 0 Å². The molecule has 1 aromatic carbocycles. The molecule has 0 aliphatic rings. The number of hydrogen-bond donors (Lipinski definition) is 1. The maximum absolute atomic E-state index is 11.4. The van der Waals surface area contributed by atoms with Crippen molar-refractivity contribution in [1.82, 2.24) is 0 Å². The average molecular weight is 373 g/mol. The molecule has 0 saturated heterocycles. The summed E-state index contributed by atoms with van der Waals surface area (Å²) < 4.78 is 0. The number of carbonyl (C=O) groups is 1. The van der Waals surface area contributed by atoms with Crippen LogP contribution in [0.25, 0.3) is 0 Å². The van der Waals surface area contributed by atoms with E-state index in [9.17, 15) is 9.90 Å².